The number of pyridine rings is 1. The molecular formula is C27H21N3O3S2. The van der Waals surface area contributed by atoms with Crippen molar-refractivity contribution in [2.24, 2.45) is 0 Å². The zero-order valence-corrected chi connectivity index (χ0v) is 20.7. The number of benzene rings is 2. The number of thioether (sulfide) groups is 1. The Labute approximate surface area is 211 Å². The maximum absolute atomic E-state index is 13.5. The number of amides is 1. The summed E-state index contributed by atoms with van der Waals surface area (Å²) in [7, 11) is 0. The minimum absolute atomic E-state index is 0.136. The number of nitrogens with zero attached hydrogens (tertiary/aromatic N) is 3. The maximum Gasteiger partial charge on any atom is 0.269 e. The van der Waals surface area contributed by atoms with Crippen LogP contribution in [0.15, 0.2) is 88.7 Å². The molecule has 2 aromatic heterocycles. The lowest BCUT2D eigenvalue weighted by molar-refractivity contribution is -0.123. The Hall–Kier alpha value is -3.75. The molecule has 1 unspecified atom stereocenters. The van der Waals surface area contributed by atoms with Gasteiger partial charge in [-0.15, -0.1) is 0 Å². The van der Waals surface area contributed by atoms with Crippen molar-refractivity contribution >= 4 is 45.9 Å². The summed E-state index contributed by atoms with van der Waals surface area (Å²) in [5, 5.41) is 0. The van der Waals surface area contributed by atoms with Crippen molar-refractivity contribution in [2.75, 3.05) is 0 Å². The summed E-state index contributed by atoms with van der Waals surface area (Å²) in [6.07, 6.45) is 3.18. The summed E-state index contributed by atoms with van der Waals surface area (Å²) in [6.45, 7) is 3.85. The van der Waals surface area contributed by atoms with Crippen molar-refractivity contribution in [3.63, 3.8) is 0 Å². The van der Waals surface area contributed by atoms with Crippen LogP contribution in [-0.2, 0) is 4.79 Å². The lowest BCUT2D eigenvalue weighted by atomic mass is 10.1. The fraction of sp³-hybridized carbons (Fsp3) is 0.111. The number of carbonyl (C=O) groups excluding carboxylic acids is 1. The summed E-state index contributed by atoms with van der Waals surface area (Å²) in [4.78, 5) is 33.4. The van der Waals surface area contributed by atoms with E-state index in [-0.39, 0.29) is 29.0 Å². The van der Waals surface area contributed by atoms with E-state index >= 15 is 0 Å². The van der Waals surface area contributed by atoms with Gasteiger partial charge in [-0.3, -0.25) is 18.9 Å². The molecule has 35 heavy (non-hydrogen) atoms. The number of aryl methyl sites for hydroxylation is 1. The molecule has 174 valence electrons. The number of hydrogen-bond acceptors (Lipinski definition) is 6. The molecule has 1 atom stereocenters. The van der Waals surface area contributed by atoms with Crippen LogP contribution in [0.5, 0.6) is 11.6 Å². The standard InChI is InChI=1S/C27H21N3O3S2/c1-17-10-6-7-13-21(17)33-24-20(25(31)29-15-9-8-14-23(29)28-24)16-22-26(32)30(27(34)35-22)18(2)19-11-4-3-5-12-19/h3-16,18H,1-2H3/b22-16+. The van der Waals surface area contributed by atoms with Crippen LogP contribution in [0.2, 0.25) is 0 Å². The number of thiocarbonyl (C=S) groups is 1. The van der Waals surface area contributed by atoms with Gasteiger partial charge in [-0.05, 0) is 49.2 Å². The van der Waals surface area contributed by atoms with Crippen LogP contribution in [0.1, 0.15) is 29.7 Å². The van der Waals surface area contributed by atoms with Crippen LogP contribution in [0.4, 0.5) is 0 Å². The van der Waals surface area contributed by atoms with Crippen LogP contribution < -0.4 is 10.3 Å². The van der Waals surface area contributed by atoms with Crippen LogP contribution >= 0.6 is 24.0 Å². The van der Waals surface area contributed by atoms with Gasteiger partial charge in [0.25, 0.3) is 11.5 Å². The highest BCUT2D eigenvalue weighted by Gasteiger charge is 2.36. The zero-order chi connectivity index (χ0) is 24.5. The van der Waals surface area contributed by atoms with Crippen LogP contribution in [0.3, 0.4) is 0 Å². The first-order chi connectivity index (χ1) is 16.9. The second kappa shape index (κ2) is 9.48. The molecule has 3 heterocycles. The topological polar surface area (TPSA) is 63.9 Å². The number of aromatic nitrogens is 2. The SMILES string of the molecule is Cc1ccccc1Oc1nc2ccccn2c(=O)c1/C=C1/SC(=S)N(C(C)c2ccccc2)C1=O. The minimum atomic E-state index is -0.333. The van der Waals surface area contributed by atoms with Gasteiger partial charge in [0.2, 0.25) is 5.88 Å². The van der Waals surface area contributed by atoms with Gasteiger partial charge in [0, 0.05) is 6.20 Å². The van der Waals surface area contributed by atoms with E-state index in [1.165, 1.54) is 16.2 Å². The van der Waals surface area contributed by atoms with E-state index in [9.17, 15) is 9.59 Å². The highest BCUT2D eigenvalue weighted by atomic mass is 32.2. The van der Waals surface area contributed by atoms with E-state index in [4.69, 9.17) is 17.0 Å². The van der Waals surface area contributed by atoms with Crippen molar-refractivity contribution in [2.45, 2.75) is 19.9 Å². The van der Waals surface area contributed by atoms with Gasteiger partial charge in [0.05, 0.1) is 10.9 Å². The molecule has 0 radical (unpaired) electrons. The van der Waals surface area contributed by atoms with Crippen LogP contribution in [0.25, 0.3) is 11.7 Å². The van der Waals surface area contributed by atoms with Crippen LogP contribution in [0, 0.1) is 6.92 Å². The van der Waals surface area contributed by atoms with Crippen LogP contribution in [-0.4, -0.2) is 24.5 Å². The van der Waals surface area contributed by atoms with Gasteiger partial charge in [-0.25, -0.2) is 0 Å². The van der Waals surface area contributed by atoms with Gasteiger partial charge < -0.3 is 4.74 Å². The highest BCUT2D eigenvalue weighted by molar-refractivity contribution is 8.26. The van der Waals surface area contributed by atoms with Crippen molar-refractivity contribution in [1.29, 1.82) is 0 Å². The normalized spacial score (nSPS) is 15.7. The third-order valence-corrected chi connectivity index (χ3v) is 7.13. The molecule has 0 saturated carbocycles. The molecule has 1 saturated heterocycles. The average molecular weight is 500 g/mol. The third-order valence-electron chi connectivity index (χ3n) is 5.80. The van der Waals surface area contributed by atoms with Gasteiger partial charge >= 0.3 is 0 Å². The molecular weight excluding hydrogens is 478 g/mol. The minimum Gasteiger partial charge on any atom is -0.438 e. The first-order valence-corrected chi connectivity index (χ1v) is 12.2. The summed E-state index contributed by atoms with van der Waals surface area (Å²) in [5.74, 6) is 0.465. The van der Waals surface area contributed by atoms with E-state index < -0.39 is 0 Å². The summed E-state index contributed by atoms with van der Waals surface area (Å²) >= 11 is 6.72. The fourth-order valence-electron chi connectivity index (χ4n) is 3.88. The van der Waals surface area contributed by atoms with Crippen molar-refractivity contribution in [3.05, 3.63) is 111 Å². The predicted molar refractivity (Wildman–Crippen MR) is 143 cm³/mol. The first kappa shape index (κ1) is 23.0. The monoisotopic (exact) mass is 499 g/mol. The molecule has 2 aromatic carbocycles. The van der Waals surface area contributed by atoms with E-state index in [2.05, 4.69) is 4.98 Å². The lowest BCUT2D eigenvalue weighted by Gasteiger charge is -2.23. The highest BCUT2D eigenvalue weighted by Crippen LogP contribution is 2.38. The molecule has 0 bridgehead atoms. The molecule has 0 spiro atoms. The second-order valence-electron chi connectivity index (χ2n) is 8.07. The Kier molecular flexibility index (Phi) is 6.23. The quantitative estimate of drug-likeness (QED) is 0.257. The Balaban J connectivity index is 1.60. The number of para-hydroxylation sites is 1. The first-order valence-electron chi connectivity index (χ1n) is 11.0. The zero-order valence-electron chi connectivity index (χ0n) is 19.0. The van der Waals surface area contributed by atoms with Gasteiger partial charge in [-0.1, -0.05) is 78.6 Å². The fourth-order valence-corrected chi connectivity index (χ4v) is 5.28. The number of ether oxygens (including phenoxy) is 1. The lowest BCUT2D eigenvalue weighted by Crippen LogP contribution is -2.31. The molecule has 1 fully saturated rings. The van der Waals surface area contributed by atoms with E-state index in [1.807, 2.05) is 68.4 Å². The predicted octanol–water partition coefficient (Wildman–Crippen LogP) is 5.76. The molecule has 8 heteroatoms. The molecule has 1 amide bonds. The molecule has 0 N–H and O–H groups in total. The number of carbonyl (C=O) groups is 1. The van der Waals surface area contributed by atoms with Gasteiger partial charge in [-0.2, -0.15) is 4.98 Å². The smallest absolute Gasteiger partial charge is 0.269 e. The second-order valence-corrected chi connectivity index (χ2v) is 9.75. The molecule has 4 aromatic rings. The van der Waals surface area contributed by atoms with E-state index in [0.717, 1.165) is 11.1 Å². The molecule has 1 aliphatic heterocycles. The largest absolute Gasteiger partial charge is 0.438 e. The Morgan fingerprint density at radius 1 is 1.00 bits per heavy atom. The molecule has 1 aliphatic rings. The number of hydrogen-bond donors (Lipinski definition) is 0. The van der Waals surface area contributed by atoms with Gasteiger partial charge in [0.1, 0.15) is 21.3 Å². The Bertz CT molecular complexity index is 1550. The Morgan fingerprint density at radius 2 is 1.71 bits per heavy atom. The summed E-state index contributed by atoms with van der Waals surface area (Å²) < 4.78 is 7.98. The number of fused-ring (bicyclic) bond motifs is 1. The molecule has 6 nitrogen and oxygen atoms in total. The van der Waals surface area contributed by atoms with E-state index in [0.29, 0.717) is 20.6 Å². The molecule has 5 rings (SSSR count). The maximum atomic E-state index is 13.5. The van der Waals surface area contributed by atoms with Gasteiger partial charge in [0.15, 0.2) is 0 Å². The molecule has 0 aliphatic carbocycles. The van der Waals surface area contributed by atoms with Crippen molar-refractivity contribution < 1.29 is 9.53 Å². The van der Waals surface area contributed by atoms with Crippen molar-refractivity contribution in [3.8, 4) is 11.6 Å². The van der Waals surface area contributed by atoms with Crippen molar-refractivity contribution in [1.82, 2.24) is 14.3 Å². The van der Waals surface area contributed by atoms with E-state index in [1.54, 1.807) is 35.4 Å². The average Bonchev–Trinajstić information content (AvgIpc) is 3.15. The number of rotatable bonds is 5. The summed E-state index contributed by atoms with van der Waals surface area (Å²) in [5.41, 5.74) is 2.17. The Morgan fingerprint density at radius 3 is 2.49 bits per heavy atom. The summed E-state index contributed by atoms with van der Waals surface area (Å²) in [6, 6.07) is 22.2. The third kappa shape index (κ3) is 4.38.